The van der Waals surface area contributed by atoms with Crippen LogP contribution in [-0.2, 0) is 11.2 Å². The Morgan fingerprint density at radius 3 is 2.64 bits per heavy atom. The minimum atomic E-state index is -0.532. The first-order valence-corrected chi connectivity index (χ1v) is 11.9. The zero-order valence-electron chi connectivity index (χ0n) is 18.9. The van der Waals surface area contributed by atoms with E-state index in [0.717, 1.165) is 49.5 Å². The molecule has 0 aliphatic carbocycles. The number of imide groups is 1. The first kappa shape index (κ1) is 23.3. The Morgan fingerprint density at radius 2 is 1.94 bits per heavy atom. The molecule has 3 amide bonds. The Balaban J connectivity index is 1.36. The topological polar surface area (TPSA) is 88.5 Å². The molecule has 0 saturated carbocycles. The number of carbonyl (C=O) groups is 2. The number of amidine groups is 1. The van der Waals surface area contributed by atoms with Crippen molar-refractivity contribution in [2.24, 2.45) is 0 Å². The number of benzene rings is 2. The van der Waals surface area contributed by atoms with E-state index in [1.165, 1.54) is 16.0 Å². The number of thiol groups is 1. The number of urea groups is 1. The fourth-order valence-corrected chi connectivity index (χ4v) is 4.89. The lowest BCUT2D eigenvalue weighted by Gasteiger charge is -2.33. The van der Waals surface area contributed by atoms with E-state index in [4.69, 9.17) is 5.41 Å². The summed E-state index contributed by atoms with van der Waals surface area (Å²) in [5.41, 5.74) is 4.08. The molecule has 7 nitrogen and oxygen atoms in total. The van der Waals surface area contributed by atoms with Gasteiger partial charge < -0.3 is 10.2 Å². The maximum atomic E-state index is 12.1. The summed E-state index contributed by atoms with van der Waals surface area (Å²) in [6.07, 6.45) is 3.45. The molecule has 0 bridgehead atoms. The zero-order chi connectivity index (χ0) is 23.4. The summed E-state index contributed by atoms with van der Waals surface area (Å²) in [5, 5.41) is 14.0. The van der Waals surface area contributed by atoms with Crippen LogP contribution in [0.5, 0.6) is 0 Å². The minimum absolute atomic E-state index is 0.107. The fourth-order valence-electron chi connectivity index (χ4n) is 4.64. The van der Waals surface area contributed by atoms with E-state index in [-0.39, 0.29) is 24.7 Å². The molecule has 2 heterocycles. The molecule has 33 heavy (non-hydrogen) atoms. The average molecular weight is 466 g/mol. The molecule has 3 N–H and O–H groups in total. The molecule has 2 fully saturated rings. The molecule has 0 radical (unpaired) electrons. The van der Waals surface area contributed by atoms with Gasteiger partial charge in [0.05, 0.1) is 0 Å². The van der Waals surface area contributed by atoms with Crippen molar-refractivity contribution in [3.63, 3.8) is 0 Å². The van der Waals surface area contributed by atoms with E-state index in [2.05, 4.69) is 58.5 Å². The van der Waals surface area contributed by atoms with Gasteiger partial charge in [0.2, 0.25) is 5.91 Å². The quantitative estimate of drug-likeness (QED) is 0.298. The largest absolute Gasteiger partial charge is 0.388 e. The molecule has 0 unspecified atom stereocenters. The smallest absolute Gasteiger partial charge is 0.329 e. The van der Waals surface area contributed by atoms with Crippen LogP contribution in [0.1, 0.15) is 41.9 Å². The van der Waals surface area contributed by atoms with Gasteiger partial charge in [0.1, 0.15) is 5.84 Å². The third-order valence-electron chi connectivity index (χ3n) is 6.58. The van der Waals surface area contributed by atoms with Gasteiger partial charge in [-0.2, -0.15) is 0 Å². The molecule has 2 aromatic carbocycles. The number of hydrogen-bond donors (Lipinski definition) is 4. The van der Waals surface area contributed by atoms with Gasteiger partial charge in [-0.15, -0.1) is 12.6 Å². The van der Waals surface area contributed by atoms with Crippen molar-refractivity contribution in [1.82, 2.24) is 15.1 Å². The van der Waals surface area contributed by atoms with Gasteiger partial charge in [-0.1, -0.05) is 18.2 Å². The second-order valence-electron chi connectivity index (χ2n) is 8.69. The third kappa shape index (κ3) is 5.57. The lowest BCUT2D eigenvalue weighted by molar-refractivity contribution is -0.121. The van der Waals surface area contributed by atoms with E-state index in [9.17, 15) is 9.59 Å². The van der Waals surface area contributed by atoms with E-state index >= 15 is 0 Å². The minimum Gasteiger partial charge on any atom is -0.388 e. The highest BCUT2D eigenvalue weighted by molar-refractivity contribution is 7.80. The highest BCUT2D eigenvalue weighted by Crippen LogP contribution is 2.31. The lowest BCUT2D eigenvalue weighted by atomic mass is 9.88. The van der Waals surface area contributed by atoms with Crippen molar-refractivity contribution >= 4 is 36.1 Å². The first-order chi connectivity index (χ1) is 15.9. The highest BCUT2D eigenvalue weighted by atomic mass is 32.1. The summed E-state index contributed by atoms with van der Waals surface area (Å²) < 4.78 is 0. The Hall–Kier alpha value is -2.84. The second-order valence-corrected chi connectivity index (χ2v) is 9.21. The SMILES string of the molecule is CNc1cc(C2CCN(CCc3cccc(S)c3)CC2)ccc1C(=N)N1CCC(=O)NC1=O. The maximum absolute atomic E-state index is 12.1. The number of amides is 3. The Bertz CT molecular complexity index is 1050. The number of nitrogens with zero attached hydrogens (tertiary/aromatic N) is 2. The van der Waals surface area contributed by atoms with Crippen LogP contribution in [-0.4, -0.2) is 60.8 Å². The van der Waals surface area contributed by atoms with Gasteiger partial charge in [0.15, 0.2) is 0 Å². The third-order valence-corrected chi connectivity index (χ3v) is 6.86. The number of hydrogen-bond acceptors (Lipinski definition) is 6. The van der Waals surface area contributed by atoms with Crippen LogP contribution >= 0.6 is 12.6 Å². The summed E-state index contributed by atoms with van der Waals surface area (Å²) >= 11 is 4.43. The summed E-state index contributed by atoms with van der Waals surface area (Å²) in [4.78, 5) is 28.4. The van der Waals surface area contributed by atoms with Crippen LogP contribution in [0.15, 0.2) is 47.4 Å². The first-order valence-electron chi connectivity index (χ1n) is 11.5. The Kier molecular flexibility index (Phi) is 7.35. The lowest BCUT2D eigenvalue weighted by Crippen LogP contribution is -2.52. The van der Waals surface area contributed by atoms with E-state index in [0.29, 0.717) is 11.5 Å². The van der Waals surface area contributed by atoms with Gasteiger partial charge in [0, 0.05) is 42.7 Å². The van der Waals surface area contributed by atoms with Crippen LogP contribution in [0.25, 0.3) is 0 Å². The number of carbonyl (C=O) groups excluding carboxylic acids is 2. The predicted molar refractivity (Wildman–Crippen MR) is 133 cm³/mol. The molecule has 2 aliphatic heterocycles. The number of anilines is 1. The molecule has 2 aliphatic rings. The van der Waals surface area contributed by atoms with Crippen LogP contribution in [0.3, 0.4) is 0 Å². The van der Waals surface area contributed by atoms with Crippen molar-refractivity contribution in [3.05, 3.63) is 59.2 Å². The van der Waals surface area contributed by atoms with Crippen molar-refractivity contribution < 1.29 is 9.59 Å². The van der Waals surface area contributed by atoms with E-state index in [1.54, 1.807) is 0 Å². The van der Waals surface area contributed by atoms with Gasteiger partial charge in [-0.3, -0.25) is 20.4 Å². The van der Waals surface area contributed by atoms with Gasteiger partial charge >= 0.3 is 6.03 Å². The van der Waals surface area contributed by atoms with Crippen molar-refractivity contribution in [2.75, 3.05) is 38.5 Å². The molecule has 8 heteroatoms. The van der Waals surface area contributed by atoms with E-state index in [1.807, 2.05) is 19.2 Å². The average Bonchev–Trinajstić information content (AvgIpc) is 2.82. The normalized spacial score (nSPS) is 17.7. The Morgan fingerprint density at radius 1 is 1.15 bits per heavy atom. The van der Waals surface area contributed by atoms with Crippen LogP contribution < -0.4 is 10.6 Å². The maximum Gasteiger partial charge on any atom is 0.329 e. The molecule has 0 aromatic heterocycles. The van der Waals surface area contributed by atoms with Gasteiger partial charge in [-0.25, -0.2) is 4.79 Å². The number of likely N-dealkylation sites (tertiary alicyclic amines) is 1. The molecule has 2 saturated heterocycles. The molecular formula is C25H31N5O2S. The van der Waals surface area contributed by atoms with Crippen molar-refractivity contribution in [1.29, 1.82) is 5.41 Å². The van der Waals surface area contributed by atoms with E-state index < -0.39 is 6.03 Å². The molecule has 174 valence electrons. The predicted octanol–water partition coefficient (Wildman–Crippen LogP) is 3.71. The van der Waals surface area contributed by atoms with Crippen molar-refractivity contribution in [2.45, 2.75) is 36.5 Å². The highest BCUT2D eigenvalue weighted by Gasteiger charge is 2.28. The Labute approximate surface area is 200 Å². The number of piperidine rings is 1. The van der Waals surface area contributed by atoms with Crippen LogP contribution in [0, 0.1) is 5.41 Å². The summed E-state index contributed by atoms with van der Waals surface area (Å²) in [6.45, 7) is 3.42. The fraction of sp³-hybridized carbons (Fsp3) is 0.400. The monoisotopic (exact) mass is 465 g/mol. The van der Waals surface area contributed by atoms with Crippen molar-refractivity contribution in [3.8, 4) is 0 Å². The second kappa shape index (κ2) is 10.4. The summed E-state index contributed by atoms with van der Waals surface area (Å²) in [5.74, 6) is 0.291. The van der Waals surface area contributed by atoms with Crippen LogP contribution in [0.4, 0.5) is 10.5 Å². The molecule has 0 spiro atoms. The summed E-state index contributed by atoms with van der Waals surface area (Å²) in [7, 11) is 1.83. The molecule has 2 aromatic rings. The molecule has 4 rings (SSSR count). The number of rotatable bonds is 6. The number of nitrogens with one attached hydrogen (secondary N) is 3. The zero-order valence-corrected chi connectivity index (χ0v) is 19.8. The van der Waals surface area contributed by atoms with Gasteiger partial charge in [-0.05, 0) is 73.7 Å². The molecular weight excluding hydrogens is 434 g/mol. The van der Waals surface area contributed by atoms with Gasteiger partial charge in [0.25, 0.3) is 0 Å². The standard InChI is InChI=1S/C25H31N5O2S/c1-27-22-16-19(5-6-21(22)24(26)30-14-10-23(31)28-25(30)32)18-8-12-29(13-9-18)11-7-17-3-2-4-20(33)15-17/h2-6,15-16,18,26-27,33H,7-14H2,1H3,(H,28,31,32). The molecule has 0 atom stereocenters. The summed E-state index contributed by atoms with van der Waals surface area (Å²) in [6, 6.07) is 13.9. The van der Waals surface area contributed by atoms with Crippen LogP contribution in [0.2, 0.25) is 0 Å².